The molecule has 2 amide bonds. The highest BCUT2D eigenvalue weighted by molar-refractivity contribution is 7.99. The minimum absolute atomic E-state index is 0.172. The van der Waals surface area contributed by atoms with E-state index in [9.17, 15) is 4.79 Å². The number of carbonyl (C=O) groups excluding carboxylic acids is 1. The van der Waals surface area contributed by atoms with E-state index in [0.29, 0.717) is 23.7 Å². The number of hydrogen-bond acceptors (Lipinski definition) is 6. The van der Waals surface area contributed by atoms with E-state index in [0.717, 1.165) is 22.8 Å². The molecule has 2 aromatic carbocycles. The van der Waals surface area contributed by atoms with Gasteiger partial charge in [0.05, 0.1) is 34.1 Å². The minimum Gasteiger partial charge on any atom is -0.497 e. The van der Waals surface area contributed by atoms with Gasteiger partial charge in [-0.25, -0.2) is 4.79 Å². The molecule has 2 aromatic rings. The summed E-state index contributed by atoms with van der Waals surface area (Å²) in [6.07, 6.45) is 0. The topological polar surface area (TPSA) is 69.3 Å². The Bertz CT molecular complexity index is 845. The average Bonchev–Trinajstić information content (AvgIpc) is 3.23. The Morgan fingerprint density at radius 3 is 2.32 bits per heavy atom. The molecular formula is C20H24N2O5S. The summed E-state index contributed by atoms with van der Waals surface area (Å²) in [6.45, 7) is 0.625. The van der Waals surface area contributed by atoms with Crippen LogP contribution in [0.5, 0.6) is 23.0 Å². The van der Waals surface area contributed by atoms with Gasteiger partial charge in [-0.2, -0.15) is 0 Å². The zero-order valence-electron chi connectivity index (χ0n) is 16.4. The fourth-order valence-corrected chi connectivity index (χ4v) is 4.33. The maximum atomic E-state index is 13.0. The van der Waals surface area contributed by atoms with Gasteiger partial charge in [0.15, 0.2) is 0 Å². The van der Waals surface area contributed by atoms with Crippen molar-refractivity contribution in [1.82, 2.24) is 4.90 Å². The monoisotopic (exact) mass is 404 g/mol. The molecule has 0 unspecified atom stereocenters. The van der Waals surface area contributed by atoms with Crippen molar-refractivity contribution in [2.45, 2.75) is 5.37 Å². The van der Waals surface area contributed by atoms with Gasteiger partial charge in [-0.05, 0) is 30.3 Å². The van der Waals surface area contributed by atoms with Crippen molar-refractivity contribution in [1.29, 1.82) is 0 Å². The Labute approximate surface area is 168 Å². The second-order valence-corrected chi connectivity index (χ2v) is 7.21. The lowest BCUT2D eigenvalue weighted by Gasteiger charge is -2.26. The Morgan fingerprint density at radius 2 is 1.64 bits per heavy atom. The summed E-state index contributed by atoms with van der Waals surface area (Å²) < 4.78 is 21.4. The Hall–Kier alpha value is -2.74. The van der Waals surface area contributed by atoms with Gasteiger partial charge in [-0.1, -0.05) is 0 Å². The maximum absolute atomic E-state index is 13.0. The molecule has 3 rings (SSSR count). The van der Waals surface area contributed by atoms with Gasteiger partial charge in [0, 0.05) is 23.9 Å². The van der Waals surface area contributed by atoms with Crippen LogP contribution in [0.15, 0.2) is 36.4 Å². The average molecular weight is 404 g/mol. The first kappa shape index (κ1) is 20.0. The lowest BCUT2D eigenvalue weighted by Crippen LogP contribution is -2.34. The zero-order valence-corrected chi connectivity index (χ0v) is 17.2. The molecule has 1 atom stereocenters. The second-order valence-electron chi connectivity index (χ2n) is 6.02. The number of amides is 2. The van der Waals surface area contributed by atoms with E-state index in [1.165, 1.54) is 0 Å². The number of hydrogen-bond donors (Lipinski definition) is 1. The minimum atomic E-state index is -0.205. The molecule has 1 N–H and O–H groups in total. The Kier molecular flexibility index (Phi) is 6.41. The summed E-state index contributed by atoms with van der Waals surface area (Å²) in [4.78, 5) is 14.8. The number of ether oxygens (including phenoxy) is 4. The smallest absolute Gasteiger partial charge is 0.323 e. The number of nitrogens with zero attached hydrogens (tertiary/aromatic N) is 1. The molecule has 28 heavy (non-hydrogen) atoms. The maximum Gasteiger partial charge on any atom is 0.323 e. The number of carbonyl (C=O) groups is 1. The van der Waals surface area contributed by atoms with E-state index in [1.54, 1.807) is 63.3 Å². The molecule has 0 radical (unpaired) electrons. The highest BCUT2D eigenvalue weighted by Crippen LogP contribution is 2.43. The highest BCUT2D eigenvalue weighted by Gasteiger charge is 2.33. The van der Waals surface area contributed by atoms with E-state index in [2.05, 4.69) is 5.32 Å². The first-order valence-corrected chi connectivity index (χ1v) is 9.79. The summed E-state index contributed by atoms with van der Waals surface area (Å²) in [7, 11) is 6.38. The van der Waals surface area contributed by atoms with E-state index < -0.39 is 0 Å². The van der Waals surface area contributed by atoms with Crippen LogP contribution in [0.4, 0.5) is 10.5 Å². The SMILES string of the molecule is COc1ccc(NC(=O)N2CCS[C@H]2c2cc(OC)ccc2OC)c(OC)c1. The first-order chi connectivity index (χ1) is 13.6. The zero-order chi connectivity index (χ0) is 20.1. The molecular weight excluding hydrogens is 380 g/mol. The normalized spacial score (nSPS) is 15.9. The number of urea groups is 1. The lowest BCUT2D eigenvalue weighted by atomic mass is 10.1. The third kappa shape index (κ3) is 4.06. The predicted octanol–water partition coefficient (Wildman–Crippen LogP) is 4.00. The first-order valence-electron chi connectivity index (χ1n) is 8.74. The Balaban J connectivity index is 1.84. The Morgan fingerprint density at radius 1 is 0.964 bits per heavy atom. The van der Waals surface area contributed by atoms with Crippen LogP contribution in [-0.4, -0.2) is 51.7 Å². The molecule has 1 saturated heterocycles. The molecule has 0 aliphatic carbocycles. The van der Waals surface area contributed by atoms with Crippen molar-refractivity contribution in [2.75, 3.05) is 46.1 Å². The van der Waals surface area contributed by atoms with Crippen LogP contribution in [0.2, 0.25) is 0 Å². The molecule has 7 nitrogen and oxygen atoms in total. The third-order valence-electron chi connectivity index (χ3n) is 4.51. The molecule has 1 aliphatic rings. The molecule has 0 spiro atoms. The van der Waals surface area contributed by atoms with Gasteiger partial charge in [-0.15, -0.1) is 11.8 Å². The van der Waals surface area contributed by atoms with Gasteiger partial charge in [-0.3, -0.25) is 0 Å². The van der Waals surface area contributed by atoms with Gasteiger partial charge >= 0.3 is 6.03 Å². The summed E-state index contributed by atoms with van der Waals surface area (Å²) >= 11 is 1.69. The van der Waals surface area contributed by atoms with Crippen molar-refractivity contribution < 1.29 is 23.7 Å². The summed E-state index contributed by atoms with van der Waals surface area (Å²) in [5, 5.41) is 2.77. The lowest BCUT2D eigenvalue weighted by molar-refractivity contribution is 0.213. The van der Waals surface area contributed by atoms with Crippen LogP contribution in [0.3, 0.4) is 0 Å². The highest BCUT2D eigenvalue weighted by atomic mass is 32.2. The molecule has 8 heteroatoms. The molecule has 1 fully saturated rings. The van der Waals surface area contributed by atoms with Crippen LogP contribution < -0.4 is 24.3 Å². The van der Waals surface area contributed by atoms with Crippen LogP contribution in [-0.2, 0) is 0 Å². The molecule has 150 valence electrons. The fraction of sp³-hybridized carbons (Fsp3) is 0.350. The van der Waals surface area contributed by atoms with E-state index in [1.807, 2.05) is 18.2 Å². The molecule has 1 heterocycles. The van der Waals surface area contributed by atoms with Gasteiger partial charge in [0.25, 0.3) is 0 Å². The largest absolute Gasteiger partial charge is 0.497 e. The van der Waals surface area contributed by atoms with E-state index in [-0.39, 0.29) is 11.4 Å². The van der Waals surface area contributed by atoms with Crippen molar-refractivity contribution in [2.24, 2.45) is 0 Å². The third-order valence-corrected chi connectivity index (χ3v) is 5.75. The molecule has 0 aromatic heterocycles. The van der Waals surface area contributed by atoms with Gasteiger partial charge in [0.1, 0.15) is 28.4 Å². The number of thioether (sulfide) groups is 1. The molecule has 0 saturated carbocycles. The number of benzene rings is 2. The fourth-order valence-electron chi connectivity index (χ4n) is 3.06. The van der Waals surface area contributed by atoms with Crippen LogP contribution in [0.1, 0.15) is 10.9 Å². The van der Waals surface area contributed by atoms with Crippen molar-refractivity contribution in [3.8, 4) is 23.0 Å². The second kappa shape index (κ2) is 8.97. The van der Waals surface area contributed by atoms with Crippen LogP contribution in [0, 0.1) is 0 Å². The number of nitrogens with one attached hydrogen (secondary N) is 1. The van der Waals surface area contributed by atoms with Gasteiger partial charge in [0.2, 0.25) is 0 Å². The summed E-state index contributed by atoms with van der Waals surface area (Å²) in [6, 6.07) is 10.7. The van der Waals surface area contributed by atoms with E-state index in [4.69, 9.17) is 18.9 Å². The van der Waals surface area contributed by atoms with Crippen LogP contribution in [0.25, 0.3) is 0 Å². The molecule has 1 aliphatic heterocycles. The number of rotatable bonds is 6. The standard InChI is InChI=1S/C20H24N2O5S/c1-24-13-6-8-17(26-3)15(11-13)19-22(9-10-28-19)20(23)21-16-7-5-14(25-2)12-18(16)27-4/h5-8,11-12,19H,9-10H2,1-4H3,(H,21,23)/t19-/m0/s1. The molecule has 0 bridgehead atoms. The van der Waals surface area contributed by atoms with Crippen molar-refractivity contribution in [3.05, 3.63) is 42.0 Å². The van der Waals surface area contributed by atoms with E-state index >= 15 is 0 Å². The van der Waals surface area contributed by atoms with Crippen LogP contribution >= 0.6 is 11.8 Å². The predicted molar refractivity (Wildman–Crippen MR) is 110 cm³/mol. The van der Waals surface area contributed by atoms with Crippen molar-refractivity contribution in [3.63, 3.8) is 0 Å². The number of anilines is 1. The summed E-state index contributed by atoms with van der Waals surface area (Å²) in [5.74, 6) is 3.47. The summed E-state index contributed by atoms with van der Waals surface area (Å²) in [5.41, 5.74) is 1.49. The number of methoxy groups -OCH3 is 4. The van der Waals surface area contributed by atoms with Crippen molar-refractivity contribution >= 4 is 23.5 Å². The quantitative estimate of drug-likeness (QED) is 0.785. The van der Waals surface area contributed by atoms with Gasteiger partial charge < -0.3 is 29.2 Å².